The molecule has 194 valence electrons. The highest BCUT2D eigenvalue weighted by Crippen LogP contribution is 2.36. The molecule has 0 unspecified atom stereocenters. The fraction of sp³-hybridized carbons (Fsp3) is 0.600. The van der Waals surface area contributed by atoms with Gasteiger partial charge in [0.25, 0.3) is 6.01 Å². The van der Waals surface area contributed by atoms with E-state index < -0.39 is 11.7 Å². The fourth-order valence-electron chi connectivity index (χ4n) is 4.72. The van der Waals surface area contributed by atoms with Crippen molar-refractivity contribution in [3.05, 3.63) is 46.3 Å². The molecule has 1 amide bonds. The number of carbonyl (C=O) groups is 1. The number of aromatic nitrogens is 1. The minimum absolute atomic E-state index is 0.0162. The van der Waals surface area contributed by atoms with E-state index in [2.05, 4.69) is 4.98 Å². The molecule has 1 saturated heterocycles. The van der Waals surface area contributed by atoms with Crippen molar-refractivity contribution in [2.75, 3.05) is 4.90 Å². The Hall–Kier alpha value is -2.42. The molecule has 6 nitrogen and oxygen atoms in total. The highest BCUT2D eigenvalue weighted by Gasteiger charge is 2.41. The van der Waals surface area contributed by atoms with Crippen molar-refractivity contribution in [1.29, 1.82) is 0 Å². The van der Waals surface area contributed by atoms with Crippen molar-refractivity contribution in [2.45, 2.75) is 97.3 Å². The highest BCUT2D eigenvalue weighted by atomic mass is 35.5. The number of anilines is 1. The van der Waals surface area contributed by atoms with Crippen molar-refractivity contribution in [3.8, 4) is 0 Å². The van der Waals surface area contributed by atoms with Crippen molar-refractivity contribution in [3.63, 3.8) is 0 Å². The van der Waals surface area contributed by atoms with Gasteiger partial charge in [-0.15, -0.1) is 0 Å². The lowest BCUT2D eigenvalue weighted by Crippen LogP contribution is -2.57. The Labute approximate surface area is 209 Å². The van der Waals surface area contributed by atoms with Crippen LogP contribution in [0.1, 0.15) is 70.2 Å². The molecule has 10 heteroatoms. The summed E-state index contributed by atoms with van der Waals surface area (Å²) in [6, 6.07) is 3.61. The van der Waals surface area contributed by atoms with Gasteiger partial charge in [-0.2, -0.15) is 18.2 Å². The molecular formula is C25H33ClF3N3O3. The third-order valence-corrected chi connectivity index (χ3v) is 6.51. The van der Waals surface area contributed by atoms with Gasteiger partial charge in [-0.05, 0) is 70.2 Å². The molecule has 0 aliphatic carbocycles. The average Bonchev–Trinajstić information content (AvgIpc) is 3.20. The van der Waals surface area contributed by atoms with Crippen molar-refractivity contribution >= 4 is 23.7 Å². The first-order valence-corrected chi connectivity index (χ1v) is 12.3. The Morgan fingerprint density at radius 3 is 2.34 bits per heavy atom. The van der Waals surface area contributed by atoms with Crippen LogP contribution in [0.5, 0.6) is 0 Å². The zero-order valence-electron chi connectivity index (χ0n) is 20.7. The highest BCUT2D eigenvalue weighted by molar-refractivity contribution is 6.30. The smallest absolute Gasteiger partial charge is 0.416 e. The monoisotopic (exact) mass is 515 g/mol. The molecule has 0 N–H and O–H groups in total. The minimum Gasteiger partial charge on any atom is -0.447 e. The van der Waals surface area contributed by atoms with Gasteiger partial charge in [0.1, 0.15) is 6.26 Å². The van der Waals surface area contributed by atoms with E-state index in [0.717, 1.165) is 12.1 Å². The van der Waals surface area contributed by atoms with Crippen LogP contribution in [0, 0.1) is 6.92 Å². The molecule has 1 aromatic carbocycles. The summed E-state index contributed by atoms with van der Waals surface area (Å²) in [4.78, 5) is 21.1. The van der Waals surface area contributed by atoms with Crippen LogP contribution < -0.4 is 4.90 Å². The van der Waals surface area contributed by atoms with Gasteiger partial charge in [0.15, 0.2) is 0 Å². The van der Waals surface area contributed by atoms with E-state index >= 15 is 0 Å². The normalized spacial score (nSPS) is 20.9. The minimum atomic E-state index is -4.51. The van der Waals surface area contributed by atoms with Crippen molar-refractivity contribution in [1.82, 2.24) is 9.88 Å². The molecule has 2 heterocycles. The first-order chi connectivity index (χ1) is 16.4. The van der Waals surface area contributed by atoms with E-state index in [1.807, 2.05) is 37.5 Å². The first kappa shape index (κ1) is 27.2. The van der Waals surface area contributed by atoms with Gasteiger partial charge in [0.2, 0.25) is 0 Å². The maximum absolute atomic E-state index is 13.4. The number of ether oxygens (including phenoxy) is 1. The standard InChI is InChI=1S/C25H33ClF3N3O3/c1-6-20-11-22(12-21(7-2)32(20)24(33)35-15(3)4)31(23-30-16(5)14-34-23)13-17-8-18(25(27,28)29)10-19(26)9-17/h8-10,14-15,20-22H,6-7,11-13H2,1-5H3/t20-,21+,22+. The number of oxazole rings is 1. The quantitative estimate of drug-likeness (QED) is 0.389. The lowest BCUT2D eigenvalue weighted by molar-refractivity contribution is -0.137. The van der Waals surface area contributed by atoms with Crippen LogP contribution >= 0.6 is 11.6 Å². The Morgan fingerprint density at radius 2 is 1.86 bits per heavy atom. The van der Waals surface area contributed by atoms with Gasteiger partial charge in [-0.25, -0.2) is 4.79 Å². The topological polar surface area (TPSA) is 58.8 Å². The molecule has 1 aromatic heterocycles. The maximum atomic E-state index is 13.4. The summed E-state index contributed by atoms with van der Waals surface area (Å²) in [5, 5.41) is 0.0162. The summed E-state index contributed by atoms with van der Waals surface area (Å²) >= 11 is 6.05. The first-order valence-electron chi connectivity index (χ1n) is 12.0. The lowest BCUT2D eigenvalue weighted by Gasteiger charge is -2.47. The summed E-state index contributed by atoms with van der Waals surface area (Å²) in [5.74, 6) is 0. The summed E-state index contributed by atoms with van der Waals surface area (Å²) in [5.41, 5.74) is 0.278. The largest absolute Gasteiger partial charge is 0.447 e. The number of aryl methyl sites for hydroxylation is 1. The van der Waals surface area contributed by atoms with Crippen molar-refractivity contribution < 1.29 is 27.1 Å². The number of hydrogen-bond donors (Lipinski definition) is 0. The van der Waals surface area contributed by atoms with E-state index in [9.17, 15) is 18.0 Å². The predicted molar refractivity (Wildman–Crippen MR) is 129 cm³/mol. The number of carbonyl (C=O) groups excluding carboxylic acids is 1. The summed E-state index contributed by atoms with van der Waals surface area (Å²) in [6.07, 6.45) is -0.907. The number of likely N-dealkylation sites (tertiary alicyclic amines) is 1. The molecule has 1 aliphatic heterocycles. The second-order valence-corrected chi connectivity index (χ2v) is 9.77. The van der Waals surface area contributed by atoms with Gasteiger partial charge < -0.3 is 19.0 Å². The summed E-state index contributed by atoms with van der Waals surface area (Å²) in [6.45, 7) is 9.60. The van der Waals surface area contributed by atoms with Crippen LogP contribution in [0.2, 0.25) is 5.02 Å². The number of alkyl halides is 3. The summed E-state index contributed by atoms with van der Waals surface area (Å²) in [7, 11) is 0. The fourth-order valence-corrected chi connectivity index (χ4v) is 4.98. The maximum Gasteiger partial charge on any atom is 0.416 e. The third-order valence-electron chi connectivity index (χ3n) is 6.30. The van der Waals surface area contributed by atoms with Crippen LogP contribution in [0.15, 0.2) is 28.9 Å². The number of halogens is 4. The number of benzene rings is 1. The Bertz CT molecular complexity index is 997. The van der Waals surface area contributed by atoms with Gasteiger partial charge in [-0.1, -0.05) is 25.4 Å². The van der Waals surface area contributed by atoms with Crippen LogP contribution in [0.4, 0.5) is 24.0 Å². The Morgan fingerprint density at radius 1 is 1.23 bits per heavy atom. The average molecular weight is 516 g/mol. The van der Waals surface area contributed by atoms with E-state index in [0.29, 0.717) is 43.0 Å². The molecule has 2 aromatic rings. The molecule has 0 radical (unpaired) electrons. The van der Waals surface area contributed by atoms with Crippen LogP contribution in [0.3, 0.4) is 0 Å². The van der Waals surface area contributed by atoms with E-state index in [1.54, 1.807) is 6.92 Å². The molecule has 1 fully saturated rings. The van der Waals surface area contributed by atoms with E-state index in [4.69, 9.17) is 20.8 Å². The zero-order chi connectivity index (χ0) is 25.9. The molecular weight excluding hydrogens is 483 g/mol. The number of piperidine rings is 1. The van der Waals surface area contributed by atoms with Crippen molar-refractivity contribution in [2.24, 2.45) is 0 Å². The number of rotatable bonds is 7. The zero-order valence-corrected chi connectivity index (χ0v) is 21.5. The summed E-state index contributed by atoms with van der Waals surface area (Å²) < 4.78 is 51.5. The number of nitrogens with zero attached hydrogens (tertiary/aromatic N) is 3. The van der Waals surface area contributed by atoms with Gasteiger partial charge in [0, 0.05) is 29.7 Å². The molecule has 1 aliphatic rings. The molecule has 0 bridgehead atoms. The third kappa shape index (κ3) is 6.63. The lowest BCUT2D eigenvalue weighted by atomic mass is 9.88. The molecule has 0 spiro atoms. The Balaban J connectivity index is 1.95. The van der Waals surface area contributed by atoms with Crippen LogP contribution in [-0.4, -0.2) is 40.2 Å². The second kappa shape index (κ2) is 11.1. The predicted octanol–water partition coefficient (Wildman–Crippen LogP) is 7.23. The van der Waals surface area contributed by atoms with Crippen LogP contribution in [-0.2, 0) is 17.5 Å². The number of amides is 1. The number of hydrogen-bond acceptors (Lipinski definition) is 5. The second-order valence-electron chi connectivity index (χ2n) is 9.33. The van der Waals surface area contributed by atoms with Crippen LogP contribution in [0.25, 0.3) is 0 Å². The molecule has 3 rings (SSSR count). The molecule has 3 atom stereocenters. The SMILES string of the molecule is CC[C@@H]1C[C@H](N(Cc2cc(Cl)cc(C(F)(F)F)c2)c2nc(C)co2)C[C@H](CC)N1C(=O)OC(C)C. The Kier molecular flexibility index (Phi) is 8.62. The van der Waals surface area contributed by atoms with Gasteiger partial charge >= 0.3 is 12.3 Å². The van der Waals surface area contributed by atoms with E-state index in [-0.39, 0.29) is 41.9 Å². The van der Waals surface area contributed by atoms with E-state index in [1.165, 1.54) is 12.3 Å². The van der Waals surface area contributed by atoms with Gasteiger partial charge in [-0.3, -0.25) is 0 Å². The molecule has 0 saturated carbocycles. The molecule has 35 heavy (non-hydrogen) atoms. The van der Waals surface area contributed by atoms with Gasteiger partial charge in [0.05, 0.1) is 17.4 Å².